The van der Waals surface area contributed by atoms with Crippen LogP contribution in [0.25, 0.3) is 5.57 Å². The second-order valence-electron chi connectivity index (χ2n) is 4.91. The first-order valence-electron chi connectivity index (χ1n) is 7.20. The van der Waals surface area contributed by atoms with Gasteiger partial charge in [-0.25, -0.2) is 0 Å². The van der Waals surface area contributed by atoms with E-state index in [4.69, 9.17) is 4.74 Å². The highest BCUT2D eigenvalue weighted by Crippen LogP contribution is 2.21. The van der Waals surface area contributed by atoms with Gasteiger partial charge in [0.05, 0.1) is 12.5 Å². The molecule has 108 valence electrons. The van der Waals surface area contributed by atoms with Gasteiger partial charge in [-0.2, -0.15) is 0 Å². The summed E-state index contributed by atoms with van der Waals surface area (Å²) < 4.78 is 5.26. The van der Waals surface area contributed by atoms with Crippen molar-refractivity contribution < 1.29 is 9.53 Å². The van der Waals surface area contributed by atoms with Gasteiger partial charge in [-0.15, -0.1) is 0 Å². The van der Waals surface area contributed by atoms with Gasteiger partial charge in [0.1, 0.15) is 0 Å². The Labute approximate surface area is 122 Å². The lowest BCUT2D eigenvalue weighted by atomic mass is 9.97. The number of ether oxygens (including phenoxy) is 1. The van der Waals surface area contributed by atoms with Crippen molar-refractivity contribution in [3.8, 4) is 0 Å². The van der Waals surface area contributed by atoms with Crippen molar-refractivity contribution in [3.05, 3.63) is 54.6 Å². The van der Waals surface area contributed by atoms with Crippen LogP contribution in [-0.2, 0) is 9.53 Å². The zero-order valence-electron chi connectivity index (χ0n) is 12.5. The number of allylic oxidation sites excluding steroid dienone is 2. The Hall–Kier alpha value is -1.83. The molecule has 0 fully saturated rings. The maximum absolute atomic E-state index is 11.9. The van der Waals surface area contributed by atoms with E-state index in [1.165, 1.54) is 0 Å². The maximum atomic E-state index is 11.9. The summed E-state index contributed by atoms with van der Waals surface area (Å²) in [5, 5.41) is 0. The second-order valence-corrected chi connectivity index (χ2v) is 4.91. The standard InChI is InChI=1S/C18H24O2/c1-4-5-6-10-13-20-18(19)16(3)14-15(2)17-11-8-7-9-12-17/h5-9,11-12,16H,2,4,10,13-14H2,1,3H3/b6-5-. The molecular formula is C18H24O2. The molecule has 0 bridgehead atoms. The monoisotopic (exact) mass is 272 g/mol. The molecule has 1 atom stereocenters. The Morgan fingerprint density at radius 3 is 2.65 bits per heavy atom. The summed E-state index contributed by atoms with van der Waals surface area (Å²) >= 11 is 0. The van der Waals surface area contributed by atoms with Gasteiger partial charge in [0.15, 0.2) is 0 Å². The minimum absolute atomic E-state index is 0.146. The van der Waals surface area contributed by atoms with Gasteiger partial charge >= 0.3 is 5.97 Å². The van der Waals surface area contributed by atoms with E-state index in [0.717, 1.165) is 24.0 Å². The molecular weight excluding hydrogens is 248 g/mol. The second kappa shape index (κ2) is 9.13. The molecule has 1 aromatic rings. The molecule has 1 rings (SSSR count). The van der Waals surface area contributed by atoms with E-state index in [1.807, 2.05) is 43.3 Å². The molecule has 20 heavy (non-hydrogen) atoms. The highest BCUT2D eigenvalue weighted by Gasteiger charge is 2.15. The normalized spacial score (nSPS) is 12.3. The Balaban J connectivity index is 2.34. The summed E-state index contributed by atoms with van der Waals surface area (Å²) in [7, 11) is 0. The molecule has 0 heterocycles. The summed E-state index contributed by atoms with van der Waals surface area (Å²) in [5.41, 5.74) is 2.05. The van der Waals surface area contributed by atoms with Crippen LogP contribution in [0.3, 0.4) is 0 Å². The lowest BCUT2D eigenvalue weighted by Gasteiger charge is -2.13. The van der Waals surface area contributed by atoms with Crippen molar-refractivity contribution >= 4 is 11.5 Å². The molecule has 0 aliphatic carbocycles. The predicted octanol–water partition coefficient (Wildman–Crippen LogP) is 4.63. The Morgan fingerprint density at radius 2 is 2.00 bits per heavy atom. The zero-order chi connectivity index (χ0) is 14.8. The van der Waals surface area contributed by atoms with Gasteiger partial charge in [-0.05, 0) is 30.4 Å². The smallest absolute Gasteiger partial charge is 0.308 e. The van der Waals surface area contributed by atoms with Gasteiger partial charge in [-0.3, -0.25) is 4.79 Å². The average molecular weight is 272 g/mol. The first kappa shape index (κ1) is 16.2. The summed E-state index contributed by atoms with van der Waals surface area (Å²) in [6.07, 6.45) is 6.55. The van der Waals surface area contributed by atoms with Gasteiger partial charge in [0.25, 0.3) is 0 Å². The molecule has 2 nitrogen and oxygen atoms in total. The van der Waals surface area contributed by atoms with E-state index in [9.17, 15) is 4.79 Å². The number of hydrogen-bond donors (Lipinski definition) is 0. The topological polar surface area (TPSA) is 26.3 Å². The summed E-state index contributed by atoms with van der Waals surface area (Å²) in [4.78, 5) is 11.9. The first-order valence-corrected chi connectivity index (χ1v) is 7.20. The first-order chi connectivity index (χ1) is 9.65. The van der Waals surface area contributed by atoms with Crippen LogP contribution in [-0.4, -0.2) is 12.6 Å². The van der Waals surface area contributed by atoms with Gasteiger partial charge in [-0.1, -0.05) is 62.9 Å². The van der Waals surface area contributed by atoms with E-state index < -0.39 is 0 Å². The lowest BCUT2D eigenvalue weighted by molar-refractivity contribution is -0.147. The van der Waals surface area contributed by atoms with Crippen molar-refractivity contribution in [3.63, 3.8) is 0 Å². The van der Waals surface area contributed by atoms with Gasteiger partial charge in [0.2, 0.25) is 0 Å². The molecule has 0 radical (unpaired) electrons. The number of rotatable bonds is 8. The fourth-order valence-electron chi connectivity index (χ4n) is 1.90. The molecule has 1 aromatic carbocycles. The van der Waals surface area contributed by atoms with Crippen LogP contribution >= 0.6 is 0 Å². The highest BCUT2D eigenvalue weighted by molar-refractivity contribution is 5.76. The summed E-state index contributed by atoms with van der Waals surface area (Å²) in [6.45, 7) is 8.48. The number of hydrogen-bond acceptors (Lipinski definition) is 2. The molecule has 0 aliphatic heterocycles. The Bertz CT molecular complexity index is 446. The highest BCUT2D eigenvalue weighted by atomic mass is 16.5. The molecule has 0 saturated carbocycles. The van der Waals surface area contributed by atoms with E-state index in [-0.39, 0.29) is 11.9 Å². The van der Waals surface area contributed by atoms with Crippen LogP contribution in [0.1, 0.15) is 38.7 Å². The summed E-state index contributed by atoms with van der Waals surface area (Å²) in [5.74, 6) is -0.301. The number of benzene rings is 1. The van der Waals surface area contributed by atoms with E-state index in [1.54, 1.807) is 0 Å². The molecule has 0 saturated heterocycles. The molecule has 1 unspecified atom stereocenters. The molecule has 0 N–H and O–H groups in total. The van der Waals surface area contributed by atoms with Crippen LogP contribution in [0.15, 0.2) is 49.1 Å². The third-order valence-electron chi connectivity index (χ3n) is 3.07. The predicted molar refractivity (Wildman–Crippen MR) is 84.3 cm³/mol. The van der Waals surface area contributed by atoms with Crippen LogP contribution in [0.5, 0.6) is 0 Å². The SMILES string of the molecule is C=C(CC(C)C(=O)OCC/C=C\CC)c1ccccc1. The molecule has 0 aliphatic rings. The minimum Gasteiger partial charge on any atom is -0.465 e. The van der Waals surface area contributed by atoms with E-state index >= 15 is 0 Å². The van der Waals surface area contributed by atoms with Gasteiger partial charge in [0, 0.05) is 0 Å². The van der Waals surface area contributed by atoms with Crippen molar-refractivity contribution in [2.75, 3.05) is 6.61 Å². The average Bonchev–Trinajstić information content (AvgIpc) is 2.47. The van der Waals surface area contributed by atoms with E-state index in [2.05, 4.69) is 19.6 Å². The van der Waals surface area contributed by atoms with E-state index in [0.29, 0.717) is 13.0 Å². The maximum Gasteiger partial charge on any atom is 0.308 e. The third-order valence-corrected chi connectivity index (χ3v) is 3.07. The molecule has 0 spiro atoms. The Kier molecular flexibility index (Phi) is 7.41. The fraction of sp³-hybridized carbons (Fsp3) is 0.389. The van der Waals surface area contributed by atoms with Crippen molar-refractivity contribution in [2.24, 2.45) is 5.92 Å². The third kappa shape index (κ3) is 5.87. The van der Waals surface area contributed by atoms with Gasteiger partial charge < -0.3 is 4.74 Å². The van der Waals surface area contributed by atoms with Crippen LogP contribution in [0.2, 0.25) is 0 Å². The van der Waals surface area contributed by atoms with Crippen LogP contribution in [0, 0.1) is 5.92 Å². The number of esters is 1. The minimum atomic E-state index is -0.155. The molecule has 2 heteroatoms. The summed E-state index contributed by atoms with van der Waals surface area (Å²) in [6, 6.07) is 9.94. The largest absolute Gasteiger partial charge is 0.465 e. The zero-order valence-corrected chi connectivity index (χ0v) is 12.5. The van der Waals surface area contributed by atoms with Crippen LogP contribution < -0.4 is 0 Å². The van der Waals surface area contributed by atoms with Crippen molar-refractivity contribution in [1.29, 1.82) is 0 Å². The fourth-order valence-corrected chi connectivity index (χ4v) is 1.90. The van der Waals surface area contributed by atoms with Crippen LogP contribution in [0.4, 0.5) is 0 Å². The Morgan fingerprint density at radius 1 is 1.30 bits per heavy atom. The molecule has 0 amide bonds. The quantitative estimate of drug-likeness (QED) is 0.392. The van der Waals surface area contributed by atoms with Crippen molar-refractivity contribution in [1.82, 2.24) is 0 Å². The lowest BCUT2D eigenvalue weighted by Crippen LogP contribution is -2.15. The van der Waals surface area contributed by atoms with Crippen molar-refractivity contribution in [2.45, 2.75) is 33.1 Å². The number of carbonyl (C=O) groups excluding carboxylic acids is 1. The number of carbonyl (C=O) groups is 1. The molecule has 0 aromatic heterocycles.